The number of carbonyl (C=O) groups is 2. The van der Waals surface area contributed by atoms with Crippen LogP contribution in [-0.2, 0) is 27.4 Å². The summed E-state index contributed by atoms with van der Waals surface area (Å²) in [4.78, 5) is 23.8. The van der Waals surface area contributed by atoms with Gasteiger partial charge in [0.15, 0.2) is 0 Å². The highest BCUT2D eigenvalue weighted by Crippen LogP contribution is 2.19. The Kier molecular flexibility index (Phi) is 8.64. The molecule has 1 aromatic heterocycles. The molecule has 1 aromatic rings. The van der Waals surface area contributed by atoms with Gasteiger partial charge in [0.1, 0.15) is 11.4 Å². The second-order valence-electron chi connectivity index (χ2n) is 6.86. The van der Waals surface area contributed by atoms with E-state index >= 15 is 0 Å². The summed E-state index contributed by atoms with van der Waals surface area (Å²) in [7, 11) is 0. The standard InChI is InChI=1S/C19H31N3O4/c1-2-3-11-25-13-17-7-12-26-18(17)6-4-5-9-22-10-8-19(14-22,20-15-23)21-16-24/h7,12,15-16H,2-6,8-11,13-14H2,1H3,(H,20,23)(H,21,24). The molecule has 2 amide bonds. The number of nitrogens with one attached hydrogen (secondary N) is 2. The van der Waals surface area contributed by atoms with Crippen molar-refractivity contribution in [2.24, 2.45) is 0 Å². The maximum atomic E-state index is 10.8. The Morgan fingerprint density at radius 3 is 2.81 bits per heavy atom. The first-order valence-electron chi connectivity index (χ1n) is 9.51. The third-order valence-electron chi connectivity index (χ3n) is 4.88. The van der Waals surface area contributed by atoms with Crippen LogP contribution in [0.15, 0.2) is 16.7 Å². The Morgan fingerprint density at radius 1 is 1.27 bits per heavy atom. The lowest BCUT2D eigenvalue weighted by atomic mass is 10.1. The summed E-state index contributed by atoms with van der Waals surface area (Å²) in [6, 6.07) is 1.99. The van der Waals surface area contributed by atoms with Crippen LogP contribution in [-0.4, -0.2) is 49.6 Å². The molecular formula is C19H31N3O4. The number of hydrogen-bond acceptors (Lipinski definition) is 5. The zero-order chi connectivity index (χ0) is 18.7. The van der Waals surface area contributed by atoms with Crippen LogP contribution in [0.2, 0.25) is 0 Å². The molecule has 1 aliphatic heterocycles. The molecule has 2 N–H and O–H groups in total. The monoisotopic (exact) mass is 365 g/mol. The van der Waals surface area contributed by atoms with Crippen molar-refractivity contribution in [3.63, 3.8) is 0 Å². The van der Waals surface area contributed by atoms with E-state index in [1.807, 2.05) is 6.07 Å². The Bertz CT molecular complexity index is 537. The van der Waals surface area contributed by atoms with Crippen molar-refractivity contribution in [1.82, 2.24) is 15.5 Å². The lowest BCUT2D eigenvalue weighted by Gasteiger charge is -2.28. The molecule has 0 bridgehead atoms. The molecule has 0 spiro atoms. The van der Waals surface area contributed by atoms with Crippen molar-refractivity contribution in [3.05, 3.63) is 23.7 Å². The van der Waals surface area contributed by atoms with Gasteiger partial charge in [-0.3, -0.25) is 14.5 Å². The van der Waals surface area contributed by atoms with Gasteiger partial charge in [-0.05, 0) is 31.9 Å². The minimum absolute atomic E-state index is 0.618. The Hall–Kier alpha value is -1.86. The molecule has 7 heteroatoms. The first-order valence-corrected chi connectivity index (χ1v) is 9.51. The van der Waals surface area contributed by atoms with Gasteiger partial charge in [0.2, 0.25) is 12.8 Å². The number of likely N-dealkylation sites (tertiary alicyclic amines) is 1. The molecule has 26 heavy (non-hydrogen) atoms. The minimum atomic E-state index is -0.618. The summed E-state index contributed by atoms with van der Waals surface area (Å²) in [6.45, 7) is 6.00. The molecule has 7 nitrogen and oxygen atoms in total. The lowest BCUT2D eigenvalue weighted by Crippen LogP contribution is -2.57. The van der Waals surface area contributed by atoms with Crippen LogP contribution in [0.4, 0.5) is 0 Å². The van der Waals surface area contributed by atoms with Crippen molar-refractivity contribution in [2.45, 2.75) is 57.7 Å². The van der Waals surface area contributed by atoms with E-state index in [4.69, 9.17) is 9.15 Å². The Balaban J connectivity index is 1.67. The van der Waals surface area contributed by atoms with Crippen molar-refractivity contribution >= 4 is 12.8 Å². The molecule has 1 aliphatic rings. The fourth-order valence-corrected chi connectivity index (χ4v) is 3.35. The van der Waals surface area contributed by atoms with E-state index in [1.165, 1.54) is 0 Å². The maximum absolute atomic E-state index is 10.8. The number of aryl methyl sites for hydroxylation is 1. The number of ether oxygens (including phenoxy) is 1. The fourth-order valence-electron chi connectivity index (χ4n) is 3.35. The molecule has 0 unspecified atom stereocenters. The van der Waals surface area contributed by atoms with Gasteiger partial charge in [-0.25, -0.2) is 0 Å². The molecule has 1 saturated heterocycles. The third kappa shape index (κ3) is 6.14. The van der Waals surface area contributed by atoms with Crippen LogP contribution in [0.1, 0.15) is 50.4 Å². The number of unbranched alkanes of at least 4 members (excludes halogenated alkanes) is 2. The van der Waals surface area contributed by atoms with Gasteiger partial charge >= 0.3 is 0 Å². The van der Waals surface area contributed by atoms with Crippen LogP contribution in [0.5, 0.6) is 0 Å². The number of rotatable bonds is 14. The lowest BCUT2D eigenvalue weighted by molar-refractivity contribution is -0.114. The maximum Gasteiger partial charge on any atom is 0.208 e. The quantitative estimate of drug-likeness (QED) is 0.298. The Labute approximate surface area is 155 Å². The summed E-state index contributed by atoms with van der Waals surface area (Å²) < 4.78 is 11.3. The summed E-state index contributed by atoms with van der Waals surface area (Å²) >= 11 is 0. The molecule has 2 rings (SSSR count). The summed E-state index contributed by atoms with van der Waals surface area (Å²) in [5.74, 6) is 1.02. The van der Waals surface area contributed by atoms with E-state index in [0.29, 0.717) is 26.0 Å². The third-order valence-corrected chi connectivity index (χ3v) is 4.88. The van der Waals surface area contributed by atoms with E-state index in [2.05, 4.69) is 22.5 Å². The highest BCUT2D eigenvalue weighted by atomic mass is 16.5. The summed E-state index contributed by atoms with van der Waals surface area (Å²) in [5, 5.41) is 5.49. The number of carbonyl (C=O) groups excluding carboxylic acids is 2. The van der Waals surface area contributed by atoms with E-state index in [0.717, 1.165) is 69.5 Å². The van der Waals surface area contributed by atoms with Crippen molar-refractivity contribution in [3.8, 4) is 0 Å². The second kappa shape index (κ2) is 11.0. The molecular weight excluding hydrogens is 334 g/mol. The molecule has 1 fully saturated rings. The van der Waals surface area contributed by atoms with E-state index < -0.39 is 5.66 Å². The van der Waals surface area contributed by atoms with Gasteiger partial charge in [0.25, 0.3) is 0 Å². The van der Waals surface area contributed by atoms with Gasteiger partial charge in [-0.15, -0.1) is 0 Å². The predicted molar refractivity (Wildman–Crippen MR) is 98.4 cm³/mol. The highest BCUT2D eigenvalue weighted by molar-refractivity contribution is 5.53. The molecule has 0 saturated carbocycles. The van der Waals surface area contributed by atoms with Gasteiger partial charge in [-0.2, -0.15) is 0 Å². The van der Waals surface area contributed by atoms with Crippen molar-refractivity contribution in [2.75, 3.05) is 26.2 Å². The number of amides is 2. The largest absolute Gasteiger partial charge is 0.469 e. The molecule has 0 atom stereocenters. The van der Waals surface area contributed by atoms with Crippen molar-refractivity contribution in [1.29, 1.82) is 0 Å². The predicted octanol–water partition coefficient (Wildman–Crippen LogP) is 1.81. The number of hydrogen-bond donors (Lipinski definition) is 2. The molecule has 0 aromatic carbocycles. The molecule has 2 heterocycles. The van der Waals surface area contributed by atoms with Gasteiger partial charge in [0, 0.05) is 38.1 Å². The van der Waals surface area contributed by atoms with Crippen LogP contribution in [0, 0.1) is 0 Å². The van der Waals surface area contributed by atoms with Crippen molar-refractivity contribution < 1.29 is 18.7 Å². The van der Waals surface area contributed by atoms with Crippen LogP contribution >= 0.6 is 0 Å². The average molecular weight is 365 g/mol. The molecule has 0 aliphatic carbocycles. The smallest absolute Gasteiger partial charge is 0.208 e. The van der Waals surface area contributed by atoms with Gasteiger partial charge in [0.05, 0.1) is 12.9 Å². The zero-order valence-electron chi connectivity index (χ0n) is 15.7. The Morgan fingerprint density at radius 2 is 2.08 bits per heavy atom. The van der Waals surface area contributed by atoms with E-state index in [9.17, 15) is 9.59 Å². The van der Waals surface area contributed by atoms with Gasteiger partial charge < -0.3 is 19.8 Å². The zero-order valence-corrected chi connectivity index (χ0v) is 15.7. The first-order chi connectivity index (χ1) is 12.7. The molecule has 0 radical (unpaired) electrons. The second-order valence-corrected chi connectivity index (χ2v) is 6.86. The fraction of sp³-hybridized carbons (Fsp3) is 0.684. The summed E-state index contributed by atoms with van der Waals surface area (Å²) in [5.41, 5.74) is 0.528. The van der Waals surface area contributed by atoms with E-state index in [1.54, 1.807) is 6.26 Å². The normalized spacial score (nSPS) is 16.5. The van der Waals surface area contributed by atoms with Crippen LogP contribution in [0.25, 0.3) is 0 Å². The topological polar surface area (TPSA) is 83.8 Å². The first kappa shape index (κ1) is 20.5. The van der Waals surface area contributed by atoms with Crippen LogP contribution < -0.4 is 10.6 Å². The van der Waals surface area contributed by atoms with Crippen LogP contribution in [0.3, 0.4) is 0 Å². The summed E-state index contributed by atoms with van der Waals surface area (Å²) in [6.07, 6.45) is 8.96. The van der Waals surface area contributed by atoms with Gasteiger partial charge in [-0.1, -0.05) is 13.3 Å². The number of nitrogens with zero attached hydrogens (tertiary/aromatic N) is 1. The van der Waals surface area contributed by atoms with E-state index in [-0.39, 0.29) is 0 Å². The SMILES string of the molecule is CCCCOCc1ccoc1CCCCN1CCC(NC=O)(NC=O)C1. The molecule has 146 valence electrons. The average Bonchev–Trinajstić information content (AvgIpc) is 3.24. The number of furan rings is 1. The minimum Gasteiger partial charge on any atom is -0.469 e. The highest BCUT2D eigenvalue weighted by Gasteiger charge is 2.37.